The Labute approximate surface area is 210 Å². The Balaban J connectivity index is 1.25. The molecular weight excluding hydrogens is 482 g/mol. The minimum atomic E-state index is -0.811. The third kappa shape index (κ3) is 6.34. The number of nitro benzene ring substituents is 1. The van der Waals surface area contributed by atoms with Crippen LogP contribution in [0.3, 0.4) is 0 Å². The van der Waals surface area contributed by atoms with E-state index in [-0.39, 0.29) is 24.2 Å². The number of Topliss-reactive ketones (excluding diaryl/α,β-unsaturated/α-hetero) is 1. The van der Waals surface area contributed by atoms with Crippen LogP contribution in [0.25, 0.3) is 0 Å². The number of ketones is 1. The number of carbonyl (C=O) groups excluding carboxylic acids is 4. The summed E-state index contributed by atoms with van der Waals surface area (Å²) in [7, 11) is 0. The van der Waals surface area contributed by atoms with Gasteiger partial charge in [-0.15, -0.1) is 0 Å². The molecule has 0 radical (unpaired) electrons. The van der Waals surface area contributed by atoms with Gasteiger partial charge in [-0.1, -0.05) is 18.2 Å². The summed E-state index contributed by atoms with van der Waals surface area (Å²) in [4.78, 5) is 59.6. The summed E-state index contributed by atoms with van der Waals surface area (Å²) in [6.07, 6.45) is -0.142. The molecule has 37 heavy (non-hydrogen) atoms. The standard InChI is InChI=1S/C26H21N3O8/c30-23(17-6-10-21(11-7-17)37-22-12-8-20(9-13-22)29(34)35)16-36-26(33)19-14-24(31)28(15-19)27-25(32)18-4-2-1-3-5-18/h1-13,19H,14-16H2,(H,27,32). The summed E-state index contributed by atoms with van der Waals surface area (Å²) < 4.78 is 10.7. The summed E-state index contributed by atoms with van der Waals surface area (Å²) in [5, 5.41) is 11.8. The number of carbonyl (C=O) groups is 4. The number of rotatable bonds is 9. The van der Waals surface area contributed by atoms with Crippen molar-refractivity contribution in [1.29, 1.82) is 0 Å². The van der Waals surface area contributed by atoms with Crippen LogP contribution in [0.15, 0.2) is 78.9 Å². The van der Waals surface area contributed by atoms with Crippen molar-refractivity contribution < 1.29 is 33.6 Å². The molecule has 11 heteroatoms. The van der Waals surface area contributed by atoms with Crippen molar-refractivity contribution in [1.82, 2.24) is 10.4 Å². The Kier molecular flexibility index (Phi) is 7.53. The van der Waals surface area contributed by atoms with Gasteiger partial charge < -0.3 is 9.47 Å². The number of amides is 2. The van der Waals surface area contributed by atoms with Crippen LogP contribution in [0, 0.1) is 16.0 Å². The highest BCUT2D eigenvalue weighted by atomic mass is 16.6. The molecule has 1 unspecified atom stereocenters. The average Bonchev–Trinajstić information content (AvgIpc) is 3.28. The number of hydrazine groups is 1. The second-order valence-electron chi connectivity index (χ2n) is 8.12. The zero-order valence-electron chi connectivity index (χ0n) is 19.4. The van der Waals surface area contributed by atoms with Crippen molar-refractivity contribution in [3.63, 3.8) is 0 Å². The molecule has 1 aliphatic rings. The van der Waals surface area contributed by atoms with Crippen LogP contribution in [-0.4, -0.2) is 46.7 Å². The summed E-state index contributed by atoms with van der Waals surface area (Å²) >= 11 is 0. The van der Waals surface area contributed by atoms with Crippen LogP contribution >= 0.6 is 0 Å². The van der Waals surface area contributed by atoms with E-state index in [0.717, 1.165) is 5.01 Å². The zero-order valence-corrected chi connectivity index (χ0v) is 19.4. The number of non-ortho nitro benzene ring substituents is 1. The van der Waals surface area contributed by atoms with Gasteiger partial charge in [0, 0.05) is 29.7 Å². The number of hydrogen-bond donors (Lipinski definition) is 1. The van der Waals surface area contributed by atoms with Gasteiger partial charge in [0.25, 0.3) is 11.6 Å². The number of nitrogens with one attached hydrogen (secondary N) is 1. The molecule has 1 aliphatic heterocycles. The van der Waals surface area contributed by atoms with E-state index in [1.54, 1.807) is 42.5 Å². The highest BCUT2D eigenvalue weighted by molar-refractivity contribution is 5.99. The average molecular weight is 503 g/mol. The fourth-order valence-corrected chi connectivity index (χ4v) is 3.57. The maximum Gasteiger partial charge on any atom is 0.311 e. The van der Waals surface area contributed by atoms with E-state index in [2.05, 4.69) is 5.43 Å². The van der Waals surface area contributed by atoms with Gasteiger partial charge in [-0.25, -0.2) is 0 Å². The van der Waals surface area contributed by atoms with Crippen molar-refractivity contribution >= 4 is 29.3 Å². The first-order valence-electron chi connectivity index (χ1n) is 11.2. The van der Waals surface area contributed by atoms with Gasteiger partial charge in [-0.2, -0.15) is 0 Å². The van der Waals surface area contributed by atoms with Crippen molar-refractivity contribution in [2.75, 3.05) is 13.2 Å². The monoisotopic (exact) mass is 503 g/mol. The van der Waals surface area contributed by atoms with Crippen molar-refractivity contribution in [3.8, 4) is 11.5 Å². The number of hydrogen-bond acceptors (Lipinski definition) is 8. The number of benzene rings is 3. The molecule has 2 amide bonds. The second kappa shape index (κ2) is 11.1. The fourth-order valence-electron chi connectivity index (χ4n) is 3.57. The van der Waals surface area contributed by atoms with Gasteiger partial charge in [0.15, 0.2) is 12.4 Å². The third-order valence-electron chi connectivity index (χ3n) is 5.54. The lowest BCUT2D eigenvalue weighted by Crippen LogP contribution is -2.43. The molecule has 0 bridgehead atoms. The number of nitro groups is 1. The predicted octanol–water partition coefficient (Wildman–Crippen LogP) is 3.31. The summed E-state index contributed by atoms with van der Waals surface area (Å²) in [6.45, 7) is -0.568. The van der Waals surface area contributed by atoms with Gasteiger partial charge in [0.2, 0.25) is 5.91 Å². The minimum Gasteiger partial charge on any atom is -0.457 e. The van der Waals surface area contributed by atoms with Crippen LogP contribution in [0.5, 0.6) is 11.5 Å². The lowest BCUT2D eigenvalue weighted by Gasteiger charge is -2.17. The molecule has 0 aliphatic carbocycles. The Morgan fingerprint density at radius 3 is 2.16 bits per heavy atom. The fraction of sp³-hybridized carbons (Fsp3) is 0.154. The van der Waals surface area contributed by atoms with Crippen LogP contribution in [0.4, 0.5) is 5.69 Å². The maximum absolute atomic E-state index is 12.4. The topological polar surface area (TPSA) is 145 Å². The van der Waals surface area contributed by atoms with Crippen LogP contribution < -0.4 is 10.2 Å². The minimum absolute atomic E-state index is 0.0564. The quantitative estimate of drug-likeness (QED) is 0.203. The van der Waals surface area contributed by atoms with Crippen LogP contribution in [-0.2, 0) is 14.3 Å². The van der Waals surface area contributed by atoms with Crippen molar-refractivity contribution in [2.45, 2.75) is 6.42 Å². The highest BCUT2D eigenvalue weighted by Crippen LogP contribution is 2.24. The van der Waals surface area contributed by atoms with E-state index in [4.69, 9.17) is 9.47 Å². The van der Waals surface area contributed by atoms with Crippen molar-refractivity contribution in [2.24, 2.45) is 5.92 Å². The van der Waals surface area contributed by atoms with Gasteiger partial charge >= 0.3 is 5.97 Å². The third-order valence-corrected chi connectivity index (χ3v) is 5.54. The molecule has 1 heterocycles. The van der Waals surface area contributed by atoms with E-state index >= 15 is 0 Å². The zero-order chi connectivity index (χ0) is 26.4. The van der Waals surface area contributed by atoms with Gasteiger partial charge in [0.05, 0.1) is 17.4 Å². The number of nitrogens with zero attached hydrogens (tertiary/aromatic N) is 2. The van der Waals surface area contributed by atoms with Crippen LogP contribution in [0.2, 0.25) is 0 Å². The van der Waals surface area contributed by atoms with E-state index in [1.165, 1.54) is 36.4 Å². The van der Waals surface area contributed by atoms with E-state index in [1.807, 2.05) is 0 Å². The Morgan fingerprint density at radius 2 is 1.54 bits per heavy atom. The Morgan fingerprint density at radius 1 is 0.919 bits per heavy atom. The van der Waals surface area contributed by atoms with Gasteiger partial charge in [-0.3, -0.25) is 39.7 Å². The first-order valence-corrected chi connectivity index (χ1v) is 11.2. The molecule has 188 valence electrons. The molecule has 3 aromatic carbocycles. The molecule has 4 rings (SSSR count). The summed E-state index contributed by atoms with van der Waals surface area (Å²) in [5.74, 6) is -2.08. The molecule has 0 spiro atoms. The maximum atomic E-state index is 12.4. The van der Waals surface area contributed by atoms with Crippen molar-refractivity contribution in [3.05, 3.63) is 100 Å². The van der Waals surface area contributed by atoms with Gasteiger partial charge in [0.1, 0.15) is 11.5 Å². The molecular formula is C26H21N3O8. The smallest absolute Gasteiger partial charge is 0.311 e. The lowest BCUT2D eigenvalue weighted by atomic mass is 10.1. The largest absolute Gasteiger partial charge is 0.457 e. The first kappa shape index (κ1) is 25.0. The normalized spacial score (nSPS) is 14.6. The summed E-state index contributed by atoms with van der Waals surface area (Å²) in [6, 6.07) is 20.0. The van der Waals surface area contributed by atoms with Gasteiger partial charge in [-0.05, 0) is 48.5 Å². The molecule has 0 aromatic heterocycles. The summed E-state index contributed by atoms with van der Waals surface area (Å²) in [5.41, 5.74) is 3.07. The lowest BCUT2D eigenvalue weighted by molar-refractivity contribution is -0.384. The molecule has 1 saturated heterocycles. The van der Waals surface area contributed by atoms with E-state index < -0.39 is 41.0 Å². The second-order valence-corrected chi connectivity index (χ2v) is 8.12. The Bertz CT molecular complexity index is 1320. The molecule has 0 saturated carbocycles. The molecule has 1 atom stereocenters. The van der Waals surface area contributed by atoms with E-state index in [9.17, 15) is 29.3 Å². The molecule has 3 aromatic rings. The molecule has 1 N–H and O–H groups in total. The SMILES string of the molecule is O=C(COC(=O)C1CC(=O)N(NC(=O)c2ccccc2)C1)c1ccc(Oc2ccc([N+](=O)[O-])cc2)cc1. The molecule has 1 fully saturated rings. The van der Waals surface area contributed by atoms with E-state index in [0.29, 0.717) is 17.1 Å². The first-order chi connectivity index (χ1) is 17.8. The predicted molar refractivity (Wildman–Crippen MR) is 129 cm³/mol. The highest BCUT2D eigenvalue weighted by Gasteiger charge is 2.36. The number of esters is 1. The molecule has 11 nitrogen and oxygen atoms in total. The Hall–Kier alpha value is -5.06. The van der Waals surface area contributed by atoms with Crippen LogP contribution in [0.1, 0.15) is 27.1 Å². The number of ether oxygens (including phenoxy) is 2.